The van der Waals surface area contributed by atoms with Gasteiger partial charge in [-0.3, -0.25) is 9.59 Å². The molecule has 2 aromatic rings. The normalized spacial score (nSPS) is 11.0. The lowest BCUT2D eigenvalue weighted by atomic mass is 10.2. The fourth-order valence-corrected chi connectivity index (χ4v) is 2.70. The second kappa shape index (κ2) is 7.90. The molecule has 0 aliphatic heterocycles. The van der Waals surface area contributed by atoms with Gasteiger partial charge in [0.2, 0.25) is 5.91 Å². The van der Waals surface area contributed by atoms with Crippen molar-refractivity contribution < 1.29 is 18.0 Å². The van der Waals surface area contributed by atoms with E-state index in [1.807, 2.05) is 6.07 Å². The van der Waals surface area contributed by atoms with Crippen LogP contribution in [-0.2, 0) is 17.5 Å². The maximum Gasteiger partial charge on any atom is 0.421 e. The van der Waals surface area contributed by atoms with E-state index in [2.05, 4.69) is 5.32 Å². The fourth-order valence-electron chi connectivity index (χ4n) is 2.03. The highest BCUT2D eigenvalue weighted by Gasteiger charge is 2.34. The van der Waals surface area contributed by atoms with E-state index in [0.717, 1.165) is 12.3 Å². The highest BCUT2D eigenvalue weighted by molar-refractivity contribution is 7.99. The van der Waals surface area contributed by atoms with Crippen LogP contribution in [0.4, 0.5) is 18.9 Å². The number of halogens is 3. The minimum absolute atomic E-state index is 0.181. The second-order valence-electron chi connectivity index (χ2n) is 4.84. The van der Waals surface area contributed by atoms with Gasteiger partial charge in [0.05, 0.1) is 17.5 Å². The zero-order chi connectivity index (χ0) is 18.4. The Morgan fingerprint density at radius 1 is 1.24 bits per heavy atom. The first-order valence-corrected chi connectivity index (χ1v) is 7.97. The summed E-state index contributed by atoms with van der Waals surface area (Å²) >= 11 is 1.21. The van der Waals surface area contributed by atoms with Gasteiger partial charge in [0, 0.05) is 11.1 Å². The number of hydrogen-bond acceptors (Lipinski definition) is 4. The van der Waals surface area contributed by atoms with E-state index in [4.69, 9.17) is 5.26 Å². The summed E-state index contributed by atoms with van der Waals surface area (Å²) in [6.45, 7) is -0.556. The molecular formula is C16H12F3N3O2S. The van der Waals surface area contributed by atoms with Gasteiger partial charge < -0.3 is 9.88 Å². The molecule has 1 aromatic heterocycles. The van der Waals surface area contributed by atoms with Crippen molar-refractivity contribution in [3.05, 3.63) is 58.5 Å². The molecule has 1 heterocycles. The van der Waals surface area contributed by atoms with Gasteiger partial charge in [-0.05, 0) is 24.3 Å². The van der Waals surface area contributed by atoms with Crippen LogP contribution in [0.1, 0.15) is 5.56 Å². The summed E-state index contributed by atoms with van der Waals surface area (Å²) in [5, 5.41) is 11.2. The first kappa shape index (κ1) is 18.6. The predicted octanol–water partition coefficient (Wildman–Crippen LogP) is 3.12. The van der Waals surface area contributed by atoms with Crippen LogP contribution in [0.15, 0.2) is 52.3 Å². The van der Waals surface area contributed by atoms with Crippen molar-refractivity contribution in [2.45, 2.75) is 17.6 Å². The molecule has 0 bridgehead atoms. The Morgan fingerprint density at radius 3 is 2.64 bits per heavy atom. The van der Waals surface area contributed by atoms with Crippen LogP contribution in [0.3, 0.4) is 0 Å². The quantitative estimate of drug-likeness (QED) is 0.824. The number of pyridine rings is 1. The third-order valence-corrected chi connectivity index (χ3v) is 4.03. The number of nitriles is 1. The predicted molar refractivity (Wildman–Crippen MR) is 87.1 cm³/mol. The minimum atomic E-state index is -4.78. The van der Waals surface area contributed by atoms with Gasteiger partial charge in [0.15, 0.2) is 0 Å². The van der Waals surface area contributed by atoms with Crippen molar-refractivity contribution >= 4 is 23.4 Å². The van der Waals surface area contributed by atoms with E-state index in [-0.39, 0.29) is 5.75 Å². The highest BCUT2D eigenvalue weighted by atomic mass is 32.2. The van der Waals surface area contributed by atoms with Gasteiger partial charge in [-0.15, -0.1) is 11.8 Å². The average molecular weight is 367 g/mol. The van der Waals surface area contributed by atoms with Crippen molar-refractivity contribution in [3.63, 3.8) is 0 Å². The van der Waals surface area contributed by atoms with Gasteiger partial charge in [-0.25, -0.2) is 0 Å². The lowest BCUT2D eigenvalue weighted by Crippen LogP contribution is -2.32. The Morgan fingerprint density at radius 2 is 1.96 bits per heavy atom. The third-order valence-electron chi connectivity index (χ3n) is 3.09. The number of alkyl halides is 3. The van der Waals surface area contributed by atoms with E-state index >= 15 is 0 Å². The Kier molecular flexibility index (Phi) is 5.88. The first-order chi connectivity index (χ1) is 11.8. The number of carbonyl (C=O) groups excluding carboxylic acids is 1. The van der Waals surface area contributed by atoms with Crippen molar-refractivity contribution in [1.82, 2.24) is 4.57 Å². The lowest BCUT2D eigenvalue weighted by Gasteiger charge is -2.12. The molecule has 0 unspecified atom stereocenters. The maximum atomic E-state index is 12.7. The molecule has 2 rings (SSSR count). The molecule has 5 nitrogen and oxygen atoms in total. The van der Waals surface area contributed by atoms with Crippen LogP contribution in [0.2, 0.25) is 0 Å². The Bertz CT molecular complexity index is 872. The molecule has 0 spiro atoms. The summed E-state index contributed by atoms with van der Waals surface area (Å²) in [5.41, 5.74) is -2.18. The molecule has 25 heavy (non-hydrogen) atoms. The summed E-state index contributed by atoms with van der Waals surface area (Å²) < 4.78 is 38.9. The Balaban J connectivity index is 2.17. The van der Waals surface area contributed by atoms with Gasteiger partial charge >= 0.3 is 6.18 Å². The first-order valence-electron chi connectivity index (χ1n) is 6.98. The zero-order valence-electron chi connectivity index (χ0n) is 12.7. The van der Waals surface area contributed by atoms with Crippen LogP contribution < -0.4 is 10.9 Å². The SMILES string of the molecule is N#CCSc1ccccc1NC(=O)Cn1cccc(C(F)(F)F)c1=O. The number of hydrogen-bond donors (Lipinski definition) is 1. The summed E-state index contributed by atoms with van der Waals surface area (Å²) in [4.78, 5) is 24.6. The number of carbonyl (C=O) groups is 1. The number of para-hydroxylation sites is 1. The molecule has 130 valence electrons. The van der Waals surface area contributed by atoms with Crippen LogP contribution in [-0.4, -0.2) is 16.2 Å². The number of aromatic nitrogens is 1. The summed E-state index contributed by atoms with van der Waals surface area (Å²) in [7, 11) is 0. The number of nitrogens with zero attached hydrogens (tertiary/aromatic N) is 2. The van der Waals surface area contributed by atoms with Crippen LogP contribution in [0.5, 0.6) is 0 Å². The minimum Gasteiger partial charge on any atom is -0.324 e. The number of anilines is 1. The standard InChI is InChI=1S/C16H12F3N3O2S/c17-16(18,19)11-4-3-8-22(15(11)24)10-14(23)21-12-5-1-2-6-13(12)25-9-7-20/h1-6,8H,9-10H2,(H,21,23). The molecule has 0 aliphatic carbocycles. The van der Waals surface area contributed by atoms with Gasteiger partial charge in [0.1, 0.15) is 12.1 Å². The van der Waals surface area contributed by atoms with Crippen LogP contribution in [0, 0.1) is 11.3 Å². The van der Waals surface area contributed by atoms with E-state index in [1.165, 1.54) is 11.8 Å². The number of amides is 1. The van der Waals surface area contributed by atoms with E-state index < -0.39 is 29.8 Å². The molecule has 0 atom stereocenters. The molecule has 0 radical (unpaired) electrons. The zero-order valence-corrected chi connectivity index (χ0v) is 13.5. The van der Waals surface area contributed by atoms with E-state index in [1.54, 1.807) is 24.3 Å². The van der Waals surface area contributed by atoms with Gasteiger partial charge in [-0.2, -0.15) is 18.4 Å². The number of benzene rings is 1. The fraction of sp³-hybridized carbons (Fsp3) is 0.188. The summed E-state index contributed by atoms with van der Waals surface area (Å²) in [6.07, 6.45) is -3.66. The molecule has 9 heteroatoms. The molecule has 1 amide bonds. The molecule has 1 aromatic carbocycles. The van der Waals surface area contributed by atoms with Crippen LogP contribution >= 0.6 is 11.8 Å². The van der Waals surface area contributed by atoms with Crippen molar-refractivity contribution in [3.8, 4) is 6.07 Å². The van der Waals surface area contributed by atoms with Crippen LogP contribution in [0.25, 0.3) is 0 Å². The van der Waals surface area contributed by atoms with E-state index in [9.17, 15) is 22.8 Å². The third kappa shape index (κ3) is 4.87. The van der Waals surface area contributed by atoms with Gasteiger partial charge in [-0.1, -0.05) is 12.1 Å². The molecule has 0 fully saturated rings. The average Bonchev–Trinajstić information content (AvgIpc) is 2.55. The van der Waals surface area contributed by atoms with Crippen molar-refractivity contribution in [2.75, 3.05) is 11.1 Å². The topological polar surface area (TPSA) is 74.9 Å². The smallest absolute Gasteiger partial charge is 0.324 e. The number of nitrogens with one attached hydrogen (secondary N) is 1. The second-order valence-corrected chi connectivity index (χ2v) is 5.86. The molecular weight excluding hydrogens is 355 g/mol. The van der Waals surface area contributed by atoms with Gasteiger partial charge in [0.25, 0.3) is 5.56 Å². The van der Waals surface area contributed by atoms with E-state index in [0.29, 0.717) is 21.2 Å². The Hall–Kier alpha value is -2.73. The van der Waals surface area contributed by atoms with Crippen molar-refractivity contribution in [2.24, 2.45) is 0 Å². The number of thioether (sulfide) groups is 1. The molecule has 0 saturated carbocycles. The maximum absolute atomic E-state index is 12.7. The monoisotopic (exact) mass is 367 g/mol. The number of rotatable bonds is 5. The molecule has 0 aliphatic rings. The summed E-state index contributed by atoms with van der Waals surface area (Å²) in [5.74, 6) is -0.466. The largest absolute Gasteiger partial charge is 0.421 e. The highest BCUT2D eigenvalue weighted by Crippen LogP contribution is 2.27. The molecule has 0 saturated heterocycles. The summed E-state index contributed by atoms with van der Waals surface area (Å²) in [6, 6.07) is 10.4. The molecule has 1 N–H and O–H groups in total. The van der Waals surface area contributed by atoms with Crippen molar-refractivity contribution in [1.29, 1.82) is 5.26 Å². The Labute approximate surface area is 145 Å². The lowest BCUT2D eigenvalue weighted by molar-refractivity contribution is -0.139.